The molecular formula is C26H17Cl2N3. The van der Waals surface area contributed by atoms with Crippen molar-refractivity contribution in [3.05, 3.63) is 112 Å². The standard InChI is InChI=1S/C26H17Cl2N3/c27-19-15-21-23(16-20(19)28)31-25(18-10-5-2-6-11-18)24(14-17-8-3-1-4-9-17)30-13-7-12-22(30)26(31)29-21/h1-13,15-16H,14H2. The Morgan fingerprint density at radius 2 is 1.45 bits per heavy atom. The molecule has 0 radical (unpaired) electrons. The molecule has 3 nitrogen and oxygen atoms in total. The Balaban J connectivity index is 1.81. The minimum atomic E-state index is 0.509. The van der Waals surface area contributed by atoms with Crippen LogP contribution in [0.5, 0.6) is 0 Å². The molecule has 0 spiro atoms. The van der Waals surface area contributed by atoms with Crippen LogP contribution in [0.15, 0.2) is 91.1 Å². The third-order valence-electron chi connectivity index (χ3n) is 5.72. The van der Waals surface area contributed by atoms with E-state index >= 15 is 0 Å². The zero-order valence-corrected chi connectivity index (χ0v) is 18.0. The van der Waals surface area contributed by atoms with Crippen molar-refractivity contribution in [3.8, 4) is 11.3 Å². The predicted molar refractivity (Wildman–Crippen MR) is 128 cm³/mol. The number of halogens is 2. The summed E-state index contributed by atoms with van der Waals surface area (Å²) in [6.45, 7) is 0. The fourth-order valence-corrected chi connectivity index (χ4v) is 4.68. The van der Waals surface area contributed by atoms with Gasteiger partial charge >= 0.3 is 0 Å². The first-order valence-corrected chi connectivity index (χ1v) is 10.8. The lowest BCUT2D eigenvalue weighted by Crippen LogP contribution is -2.07. The van der Waals surface area contributed by atoms with E-state index in [1.165, 1.54) is 11.3 Å². The highest BCUT2D eigenvalue weighted by Gasteiger charge is 2.20. The molecule has 0 bridgehead atoms. The van der Waals surface area contributed by atoms with Gasteiger partial charge in [-0.1, -0.05) is 83.9 Å². The molecule has 0 aliphatic carbocycles. The van der Waals surface area contributed by atoms with Crippen molar-refractivity contribution in [1.29, 1.82) is 0 Å². The van der Waals surface area contributed by atoms with Gasteiger partial charge in [0.05, 0.1) is 38.0 Å². The van der Waals surface area contributed by atoms with Crippen LogP contribution in [0.25, 0.3) is 33.5 Å². The molecule has 6 rings (SSSR count). The van der Waals surface area contributed by atoms with Crippen LogP contribution in [0.1, 0.15) is 11.3 Å². The van der Waals surface area contributed by atoms with Crippen LogP contribution in [0.4, 0.5) is 0 Å². The van der Waals surface area contributed by atoms with Crippen LogP contribution in [0, 0.1) is 0 Å². The fraction of sp³-hybridized carbons (Fsp3) is 0.0385. The van der Waals surface area contributed by atoms with Crippen molar-refractivity contribution >= 4 is 45.4 Å². The zero-order chi connectivity index (χ0) is 20.9. The first-order chi connectivity index (χ1) is 15.2. The summed E-state index contributed by atoms with van der Waals surface area (Å²) >= 11 is 12.8. The summed E-state index contributed by atoms with van der Waals surface area (Å²) in [4.78, 5) is 4.95. The van der Waals surface area contributed by atoms with Crippen LogP contribution in [0.3, 0.4) is 0 Å². The summed E-state index contributed by atoms with van der Waals surface area (Å²) in [5, 5.41) is 1.03. The Kier molecular flexibility index (Phi) is 4.27. The zero-order valence-electron chi connectivity index (χ0n) is 16.5. The lowest BCUT2D eigenvalue weighted by atomic mass is 10.0. The lowest BCUT2D eigenvalue weighted by Gasteiger charge is -2.17. The SMILES string of the molecule is Clc1cc2nc3c4cccn4c(Cc4ccccc4)c(-c4ccccc4)n3c2cc1Cl. The third-order valence-corrected chi connectivity index (χ3v) is 6.45. The maximum Gasteiger partial charge on any atom is 0.162 e. The van der Waals surface area contributed by atoms with Crippen molar-refractivity contribution in [2.24, 2.45) is 0 Å². The molecule has 3 heterocycles. The molecule has 0 aliphatic rings. The maximum absolute atomic E-state index is 6.43. The average Bonchev–Trinajstić information content (AvgIpc) is 3.41. The van der Waals surface area contributed by atoms with Crippen LogP contribution >= 0.6 is 23.2 Å². The summed E-state index contributed by atoms with van der Waals surface area (Å²) < 4.78 is 4.47. The van der Waals surface area contributed by atoms with E-state index in [0.29, 0.717) is 10.0 Å². The number of hydrogen-bond acceptors (Lipinski definition) is 1. The Bertz CT molecular complexity index is 1560. The number of hydrogen-bond donors (Lipinski definition) is 0. The van der Waals surface area contributed by atoms with E-state index in [1.54, 1.807) is 0 Å². The van der Waals surface area contributed by atoms with Crippen LogP contribution in [0.2, 0.25) is 10.0 Å². The largest absolute Gasteiger partial charge is 0.315 e. The minimum Gasteiger partial charge on any atom is -0.315 e. The average molecular weight is 442 g/mol. The number of fused-ring (bicyclic) bond motifs is 5. The Labute approximate surface area is 189 Å². The molecule has 5 heteroatoms. The summed E-state index contributed by atoms with van der Waals surface area (Å²) in [5.41, 5.74) is 8.37. The smallest absolute Gasteiger partial charge is 0.162 e. The first kappa shape index (κ1) is 18.5. The fourth-order valence-electron chi connectivity index (χ4n) is 4.36. The van der Waals surface area contributed by atoms with Gasteiger partial charge in [-0.2, -0.15) is 0 Å². The number of rotatable bonds is 3. The molecular weight excluding hydrogens is 425 g/mol. The van der Waals surface area contributed by atoms with Crippen LogP contribution < -0.4 is 0 Å². The van der Waals surface area contributed by atoms with E-state index in [2.05, 4.69) is 75.7 Å². The van der Waals surface area contributed by atoms with Gasteiger partial charge in [0.15, 0.2) is 5.65 Å². The third kappa shape index (κ3) is 2.93. The Hall–Kier alpha value is -3.27. The van der Waals surface area contributed by atoms with E-state index in [-0.39, 0.29) is 0 Å². The molecule has 0 unspecified atom stereocenters. The number of imidazole rings is 1. The number of nitrogens with zero attached hydrogens (tertiary/aromatic N) is 3. The quantitative estimate of drug-likeness (QED) is 0.282. The van der Waals surface area contributed by atoms with Crippen molar-refractivity contribution in [2.75, 3.05) is 0 Å². The number of benzene rings is 3. The second-order valence-electron chi connectivity index (χ2n) is 7.61. The van der Waals surface area contributed by atoms with Crippen molar-refractivity contribution in [2.45, 2.75) is 6.42 Å². The van der Waals surface area contributed by atoms with Gasteiger partial charge in [0.1, 0.15) is 0 Å². The molecule has 3 aromatic carbocycles. The van der Waals surface area contributed by atoms with E-state index in [9.17, 15) is 0 Å². The first-order valence-electron chi connectivity index (χ1n) is 10.1. The van der Waals surface area contributed by atoms with E-state index in [1.807, 2.05) is 24.3 Å². The molecule has 0 atom stereocenters. The van der Waals surface area contributed by atoms with Gasteiger partial charge in [-0.3, -0.25) is 4.40 Å². The van der Waals surface area contributed by atoms with Crippen molar-refractivity contribution in [1.82, 2.24) is 13.8 Å². The van der Waals surface area contributed by atoms with Gasteiger partial charge in [-0.25, -0.2) is 4.98 Å². The van der Waals surface area contributed by atoms with Gasteiger partial charge < -0.3 is 4.40 Å². The molecule has 0 amide bonds. The summed E-state index contributed by atoms with van der Waals surface area (Å²) in [6, 6.07) is 28.9. The second kappa shape index (κ2) is 7.16. The maximum atomic E-state index is 6.43. The molecule has 0 aliphatic heterocycles. The van der Waals surface area contributed by atoms with Crippen LogP contribution in [-0.2, 0) is 6.42 Å². The summed E-state index contributed by atoms with van der Waals surface area (Å²) in [5.74, 6) is 0. The van der Waals surface area contributed by atoms with Gasteiger partial charge in [-0.05, 0) is 29.8 Å². The van der Waals surface area contributed by atoms with Crippen molar-refractivity contribution in [3.63, 3.8) is 0 Å². The van der Waals surface area contributed by atoms with E-state index in [4.69, 9.17) is 28.2 Å². The molecule has 0 saturated heterocycles. The molecule has 0 saturated carbocycles. The van der Waals surface area contributed by atoms with E-state index < -0.39 is 0 Å². The Morgan fingerprint density at radius 1 is 0.742 bits per heavy atom. The van der Waals surface area contributed by atoms with Gasteiger partial charge in [0.2, 0.25) is 0 Å². The Morgan fingerprint density at radius 3 is 2.23 bits per heavy atom. The number of aromatic nitrogens is 3. The van der Waals surface area contributed by atoms with Gasteiger partial charge in [-0.15, -0.1) is 0 Å². The van der Waals surface area contributed by atoms with Crippen LogP contribution in [-0.4, -0.2) is 13.8 Å². The topological polar surface area (TPSA) is 21.7 Å². The predicted octanol–water partition coefficient (Wildman–Crippen LogP) is 7.30. The molecule has 3 aromatic heterocycles. The second-order valence-corrected chi connectivity index (χ2v) is 8.43. The molecule has 6 aromatic rings. The normalized spacial score (nSPS) is 11.7. The van der Waals surface area contributed by atoms with Crippen molar-refractivity contribution < 1.29 is 0 Å². The highest BCUT2D eigenvalue weighted by atomic mass is 35.5. The molecule has 31 heavy (non-hydrogen) atoms. The van der Waals surface area contributed by atoms with Gasteiger partial charge in [0, 0.05) is 18.2 Å². The molecule has 0 fully saturated rings. The molecule has 0 N–H and O–H groups in total. The molecule has 150 valence electrons. The van der Waals surface area contributed by atoms with E-state index in [0.717, 1.165) is 39.9 Å². The summed E-state index contributed by atoms with van der Waals surface area (Å²) in [6.07, 6.45) is 2.90. The highest BCUT2D eigenvalue weighted by Crippen LogP contribution is 2.35. The minimum absolute atomic E-state index is 0.509. The highest BCUT2D eigenvalue weighted by molar-refractivity contribution is 6.42. The van der Waals surface area contributed by atoms with Gasteiger partial charge in [0.25, 0.3) is 0 Å². The monoisotopic (exact) mass is 441 g/mol. The summed E-state index contributed by atoms with van der Waals surface area (Å²) in [7, 11) is 0. The lowest BCUT2D eigenvalue weighted by molar-refractivity contribution is 0.981.